The number of nitrogens with one attached hydrogen (secondary N) is 1. The zero-order chi connectivity index (χ0) is 19.2. The van der Waals surface area contributed by atoms with Crippen LogP contribution in [0, 0.1) is 13.8 Å². The van der Waals surface area contributed by atoms with E-state index < -0.39 is 0 Å². The first-order valence-corrected chi connectivity index (χ1v) is 10.3. The molecule has 0 saturated carbocycles. The molecule has 1 saturated heterocycles. The van der Waals surface area contributed by atoms with Gasteiger partial charge in [-0.3, -0.25) is 9.69 Å². The molecule has 4 nitrogen and oxygen atoms in total. The summed E-state index contributed by atoms with van der Waals surface area (Å²) in [5.41, 5.74) is 4.66. The molecule has 144 valence electrons. The van der Waals surface area contributed by atoms with Crippen molar-refractivity contribution in [3.63, 3.8) is 0 Å². The molecule has 0 aliphatic carbocycles. The lowest BCUT2D eigenvalue weighted by atomic mass is 10.1. The molecule has 1 N–H and O–H groups in total. The Morgan fingerprint density at radius 3 is 2.41 bits per heavy atom. The predicted octanol–water partition coefficient (Wildman–Crippen LogP) is 4.36. The summed E-state index contributed by atoms with van der Waals surface area (Å²) in [5, 5.41) is 2.98. The number of aryl methyl sites for hydroxylation is 2. The van der Waals surface area contributed by atoms with Crippen molar-refractivity contribution in [1.29, 1.82) is 0 Å². The van der Waals surface area contributed by atoms with E-state index in [4.69, 9.17) is 4.74 Å². The van der Waals surface area contributed by atoms with E-state index in [0.29, 0.717) is 6.54 Å². The first-order chi connectivity index (χ1) is 13.0. The Hall–Kier alpha value is -1.85. The van der Waals surface area contributed by atoms with Gasteiger partial charge in [0.2, 0.25) is 0 Å². The molecule has 1 amide bonds. The number of likely N-dealkylation sites (tertiary alicyclic amines) is 1. The Balaban J connectivity index is 1.52. The smallest absolute Gasteiger partial charge is 0.258 e. The quantitative estimate of drug-likeness (QED) is 0.709. The molecule has 27 heavy (non-hydrogen) atoms. The lowest BCUT2D eigenvalue weighted by molar-refractivity contribution is -0.123. The third kappa shape index (κ3) is 5.56. The van der Waals surface area contributed by atoms with E-state index in [1.165, 1.54) is 37.1 Å². The highest BCUT2D eigenvalue weighted by molar-refractivity contribution is 9.10. The molecule has 0 aromatic heterocycles. The van der Waals surface area contributed by atoms with Crippen LogP contribution in [-0.2, 0) is 17.9 Å². The Kier molecular flexibility index (Phi) is 6.91. The van der Waals surface area contributed by atoms with Gasteiger partial charge in [0.1, 0.15) is 5.75 Å². The molecule has 1 heterocycles. The Labute approximate surface area is 170 Å². The van der Waals surface area contributed by atoms with E-state index in [1.54, 1.807) is 0 Å². The highest BCUT2D eigenvalue weighted by Gasteiger charge is 2.14. The highest BCUT2D eigenvalue weighted by atomic mass is 79.9. The highest BCUT2D eigenvalue weighted by Crippen LogP contribution is 2.26. The number of carbonyl (C=O) groups is 1. The molecule has 3 rings (SSSR count). The minimum absolute atomic E-state index is 0.0226. The fraction of sp³-hybridized carbons (Fsp3) is 0.409. The maximum atomic E-state index is 12.2. The molecule has 1 aliphatic heterocycles. The fourth-order valence-corrected chi connectivity index (χ4v) is 3.68. The van der Waals surface area contributed by atoms with E-state index in [0.717, 1.165) is 27.9 Å². The average molecular weight is 431 g/mol. The summed E-state index contributed by atoms with van der Waals surface area (Å²) < 4.78 is 6.75. The van der Waals surface area contributed by atoms with Crippen LogP contribution < -0.4 is 10.1 Å². The van der Waals surface area contributed by atoms with Crippen molar-refractivity contribution >= 4 is 21.8 Å². The molecule has 0 unspecified atom stereocenters. The SMILES string of the molecule is Cc1cc(OCC(=O)NCc2ccccc2CN2CCCC2)cc(C)c1Br. The summed E-state index contributed by atoms with van der Waals surface area (Å²) in [4.78, 5) is 14.7. The van der Waals surface area contributed by atoms with E-state index in [2.05, 4.69) is 44.3 Å². The minimum atomic E-state index is -0.107. The Morgan fingerprint density at radius 1 is 1.11 bits per heavy atom. The van der Waals surface area contributed by atoms with Crippen molar-refractivity contribution in [3.05, 3.63) is 63.1 Å². The molecule has 0 atom stereocenters. The van der Waals surface area contributed by atoms with E-state index in [9.17, 15) is 4.79 Å². The van der Waals surface area contributed by atoms with Crippen molar-refractivity contribution in [3.8, 4) is 5.75 Å². The van der Waals surface area contributed by atoms with Gasteiger partial charge in [0.25, 0.3) is 5.91 Å². The van der Waals surface area contributed by atoms with Crippen LogP contribution in [0.4, 0.5) is 0 Å². The van der Waals surface area contributed by atoms with Crippen molar-refractivity contribution in [2.75, 3.05) is 19.7 Å². The van der Waals surface area contributed by atoms with Gasteiger partial charge in [-0.2, -0.15) is 0 Å². The lowest BCUT2D eigenvalue weighted by Gasteiger charge is -2.18. The van der Waals surface area contributed by atoms with Crippen LogP contribution in [0.15, 0.2) is 40.9 Å². The number of ether oxygens (including phenoxy) is 1. The summed E-state index contributed by atoms with van der Waals surface area (Å²) in [7, 11) is 0. The van der Waals surface area contributed by atoms with Gasteiger partial charge in [0, 0.05) is 17.6 Å². The first kappa shape index (κ1) is 19.9. The number of hydrogen-bond donors (Lipinski definition) is 1. The van der Waals surface area contributed by atoms with Gasteiger partial charge in [-0.1, -0.05) is 40.2 Å². The van der Waals surface area contributed by atoms with Crippen LogP contribution in [0.2, 0.25) is 0 Å². The largest absolute Gasteiger partial charge is 0.484 e. The fourth-order valence-electron chi connectivity index (χ4n) is 3.45. The topological polar surface area (TPSA) is 41.6 Å². The number of rotatable bonds is 7. The maximum absolute atomic E-state index is 12.2. The normalized spacial score (nSPS) is 14.3. The molecule has 5 heteroatoms. The van der Waals surface area contributed by atoms with Gasteiger partial charge >= 0.3 is 0 Å². The monoisotopic (exact) mass is 430 g/mol. The minimum Gasteiger partial charge on any atom is -0.484 e. The lowest BCUT2D eigenvalue weighted by Crippen LogP contribution is -2.29. The zero-order valence-corrected chi connectivity index (χ0v) is 17.6. The number of hydrogen-bond acceptors (Lipinski definition) is 3. The second-order valence-electron chi connectivity index (χ2n) is 7.19. The third-order valence-electron chi connectivity index (χ3n) is 4.97. The van der Waals surface area contributed by atoms with Crippen molar-refractivity contribution < 1.29 is 9.53 Å². The molecule has 2 aromatic carbocycles. The van der Waals surface area contributed by atoms with Gasteiger partial charge in [-0.05, 0) is 74.2 Å². The summed E-state index contributed by atoms with van der Waals surface area (Å²) in [6, 6.07) is 12.2. The molecular formula is C22H27BrN2O2. The molecular weight excluding hydrogens is 404 g/mol. The standard InChI is InChI=1S/C22H27BrN2O2/c1-16-11-20(12-17(2)22(16)23)27-15-21(26)24-13-18-7-3-4-8-19(18)14-25-9-5-6-10-25/h3-4,7-8,11-12H,5-6,9-10,13-15H2,1-2H3,(H,24,26). The summed E-state index contributed by atoms with van der Waals surface area (Å²) in [5.74, 6) is 0.613. The van der Waals surface area contributed by atoms with Crippen LogP contribution in [0.3, 0.4) is 0 Å². The van der Waals surface area contributed by atoms with Crippen molar-refractivity contribution in [1.82, 2.24) is 10.2 Å². The van der Waals surface area contributed by atoms with Gasteiger partial charge in [-0.15, -0.1) is 0 Å². The van der Waals surface area contributed by atoms with Crippen LogP contribution in [0.25, 0.3) is 0 Å². The molecule has 0 radical (unpaired) electrons. The van der Waals surface area contributed by atoms with Crippen LogP contribution in [0.5, 0.6) is 5.75 Å². The van der Waals surface area contributed by atoms with Gasteiger partial charge in [0.05, 0.1) is 0 Å². The van der Waals surface area contributed by atoms with Gasteiger partial charge in [-0.25, -0.2) is 0 Å². The zero-order valence-electron chi connectivity index (χ0n) is 16.1. The Bertz CT molecular complexity index is 778. The van der Waals surface area contributed by atoms with E-state index >= 15 is 0 Å². The maximum Gasteiger partial charge on any atom is 0.258 e. The van der Waals surface area contributed by atoms with Gasteiger partial charge in [0.15, 0.2) is 6.61 Å². The number of amides is 1. The second-order valence-corrected chi connectivity index (χ2v) is 7.98. The average Bonchev–Trinajstić information content (AvgIpc) is 3.16. The molecule has 0 bridgehead atoms. The van der Waals surface area contributed by atoms with Crippen LogP contribution in [-0.4, -0.2) is 30.5 Å². The summed E-state index contributed by atoms with van der Waals surface area (Å²) in [6.45, 7) is 7.88. The molecule has 1 aliphatic rings. The second kappa shape index (κ2) is 9.38. The van der Waals surface area contributed by atoms with Crippen LogP contribution >= 0.6 is 15.9 Å². The van der Waals surface area contributed by atoms with Crippen molar-refractivity contribution in [2.45, 2.75) is 39.8 Å². The van der Waals surface area contributed by atoms with Gasteiger partial charge < -0.3 is 10.1 Å². The number of benzene rings is 2. The predicted molar refractivity (Wildman–Crippen MR) is 112 cm³/mol. The molecule has 1 fully saturated rings. The number of nitrogens with zero attached hydrogens (tertiary/aromatic N) is 1. The summed E-state index contributed by atoms with van der Waals surface area (Å²) in [6.07, 6.45) is 2.57. The number of carbonyl (C=O) groups excluding carboxylic acids is 1. The molecule has 2 aromatic rings. The Morgan fingerprint density at radius 2 is 1.74 bits per heavy atom. The molecule has 0 spiro atoms. The number of halogens is 1. The third-order valence-corrected chi connectivity index (χ3v) is 6.22. The van der Waals surface area contributed by atoms with Crippen LogP contribution in [0.1, 0.15) is 35.1 Å². The summed E-state index contributed by atoms with van der Waals surface area (Å²) >= 11 is 3.54. The van der Waals surface area contributed by atoms with Crippen molar-refractivity contribution in [2.24, 2.45) is 0 Å². The van der Waals surface area contributed by atoms with E-state index in [-0.39, 0.29) is 12.5 Å². The first-order valence-electron chi connectivity index (χ1n) is 9.48. The van der Waals surface area contributed by atoms with E-state index in [1.807, 2.05) is 32.0 Å².